The number of anilines is 1. The number of aryl methyl sites for hydroxylation is 2. The Hall–Kier alpha value is -3.30. The van der Waals surface area contributed by atoms with Crippen molar-refractivity contribution < 1.29 is 13.8 Å². The van der Waals surface area contributed by atoms with Gasteiger partial charge in [0, 0.05) is 25.2 Å². The molecular formula is C13H12N6O4. The van der Waals surface area contributed by atoms with E-state index in [2.05, 4.69) is 30.1 Å². The molecule has 3 heterocycles. The van der Waals surface area contributed by atoms with Gasteiger partial charge in [-0.15, -0.1) is 0 Å². The Kier molecular flexibility index (Phi) is 3.95. The minimum absolute atomic E-state index is 0.0702. The topological polar surface area (TPSA) is 129 Å². The molecule has 3 aromatic heterocycles. The molecule has 0 atom stereocenters. The summed E-state index contributed by atoms with van der Waals surface area (Å²) in [5.41, 5.74) is -0.178. The van der Waals surface area contributed by atoms with Crippen molar-refractivity contribution in [3.8, 4) is 11.5 Å². The van der Waals surface area contributed by atoms with Gasteiger partial charge in [0.1, 0.15) is 11.8 Å². The van der Waals surface area contributed by atoms with Crippen molar-refractivity contribution in [3.05, 3.63) is 41.0 Å². The van der Waals surface area contributed by atoms with Gasteiger partial charge in [-0.2, -0.15) is 4.98 Å². The molecule has 0 saturated heterocycles. The van der Waals surface area contributed by atoms with E-state index in [4.69, 9.17) is 4.52 Å². The molecule has 3 aromatic rings. The molecule has 0 spiro atoms. The Morgan fingerprint density at radius 3 is 2.96 bits per heavy atom. The van der Waals surface area contributed by atoms with Crippen LogP contribution in [-0.4, -0.2) is 30.8 Å². The molecule has 0 aromatic carbocycles. The Morgan fingerprint density at radius 1 is 1.39 bits per heavy atom. The summed E-state index contributed by atoms with van der Waals surface area (Å²) >= 11 is 0. The molecular weight excluding hydrogens is 304 g/mol. The number of hydrogen-bond donors (Lipinski definition) is 1. The van der Waals surface area contributed by atoms with Gasteiger partial charge in [-0.05, 0) is 6.92 Å². The highest BCUT2D eigenvalue weighted by Crippen LogP contribution is 2.10. The smallest absolute Gasteiger partial charge is 0.266 e. The maximum atomic E-state index is 12.3. The van der Waals surface area contributed by atoms with Gasteiger partial charge in [-0.1, -0.05) is 10.3 Å². The van der Waals surface area contributed by atoms with Gasteiger partial charge < -0.3 is 14.4 Å². The lowest BCUT2D eigenvalue weighted by Gasteiger charge is -2.05. The Labute approximate surface area is 129 Å². The van der Waals surface area contributed by atoms with Crippen LogP contribution in [0.2, 0.25) is 0 Å². The quantitative estimate of drug-likeness (QED) is 0.725. The highest BCUT2D eigenvalue weighted by Gasteiger charge is 2.14. The highest BCUT2D eigenvalue weighted by atomic mass is 16.5. The molecule has 0 aliphatic rings. The summed E-state index contributed by atoms with van der Waals surface area (Å²) in [5, 5.41) is 9.75. The van der Waals surface area contributed by atoms with Crippen molar-refractivity contribution in [1.29, 1.82) is 0 Å². The summed E-state index contributed by atoms with van der Waals surface area (Å²) in [7, 11) is 0. The zero-order valence-corrected chi connectivity index (χ0v) is 12.1. The summed E-state index contributed by atoms with van der Waals surface area (Å²) in [6, 6.07) is 1.52. The zero-order chi connectivity index (χ0) is 16.2. The number of rotatable bonds is 5. The Balaban J connectivity index is 1.71. The molecule has 0 unspecified atom stereocenters. The maximum absolute atomic E-state index is 12.3. The fraction of sp³-hybridized carbons (Fsp3) is 0.231. The number of carbonyl (C=O) groups excluding carboxylic acids is 1. The second-order valence-corrected chi connectivity index (χ2v) is 4.64. The molecule has 10 heteroatoms. The number of nitrogens with zero attached hydrogens (tertiary/aromatic N) is 5. The minimum Gasteiger partial charge on any atom is -0.363 e. The number of amides is 1. The monoisotopic (exact) mass is 316 g/mol. The molecule has 1 amide bonds. The van der Waals surface area contributed by atoms with E-state index in [1.165, 1.54) is 29.4 Å². The van der Waals surface area contributed by atoms with E-state index in [1.54, 1.807) is 6.92 Å². The van der Waals surface area contributed by atoms with Crippen molar-refractivity contribution in [2.24, 2.45) is 0 Å². The van der Waals surface area contributed by atoms with Crippen LogP contribution in [0.3, 0.4) is 0 Å². The molecule has 0 radical (unpaired) electrons. The normalized spacial score (nSPS) is 10.7. The molecule has 0 aliphatic heterocycles. The SMILES string of the molecule is Cc1noc(-c2cncn(CCC(=O)Nc3ccon3)c2=O)n1. The fourth-order valence-electron chi connectivity index (χ4n) is 1.87. The third-order valence-electron chi connectivity index (χ3n) is 2.94. The lowest BCUT2D eigenvalue weighted by atomic mass is 10.3. The average molecular weight is 316 g/mol. The first-order chi connectivity index (χ1) is 11.1. The van der Waals surface area contributed by atoms with Crippen LogP contribution in [0.4, 0.5) is 5.82 Å². The highest BCUT2D eigenvalue weighted by molar-refractivity contribution is 5.89. The molecule has 0 saturated carbocycles. The van der Waals surface area contributed by atoms with E-state index in [0.29, 0.717) is 11.6 Å². The maximum Gasteiger partial charge on any atom is 0.266 e. The summed E-state index contributed by atoms with van der Waals surface area (Å²) < 4.78 is 10.9. The van der Waals surface area contributed by atoms with Crippen molar-refractivity contribution in [2.45, 2.75) is 19.9 Å². The largest absolute Gasteiger partial charge is 0.363 e. The predicted octanol–water partition coefficient (Wildman–Crippen LogP) is 0.619. The lowest BCUT2D eigenvalue weighted by Crippen LogP contribution is -2.24. The summed E-state index contributed by atoms with van der Waals surface area (Å²) in [6.45, 7) is 1.80. The third-order valence-corrected chi connectivity index (χ3v) is 2.94. The van der Waals surface area contributed by atoms with Crippen LogP contribution in [0.25, 0.3) is 11.5 Å². The van der Waals surface area contributed by atoms with Crippen LogP contribution in [0, 0.1) is 6.92 Å². The minimum atomic E-state index is -0.363. The fourth-order valence-corrected chi connectivity index (χ4v) is 1.87. The first kappa shape index (κ1) is 14.6. The molecule has 1 N–H and O–H groups in total. The predicted molar refractivity (Wildman–Crippen MR) is 76.3 cm³/mol. The van der Waals surface area contributed by atoms with Gasteiger partial charge >= 0.3 is 0 Å². The molecule has 10 nitrogen and oxygen atoms in total. The molecule has 23 heavy (non-hydrogen) atoms. The van der Waals surface area contributed by atoms with Gasteiger partial charge in [0.05, 0.1) is 6.33 Å². The van der Waals surface area contributed by atoms with Crippen LogP contribution < -0.4 is 10.9 Å². The van der Waals surface area contributed by atoms with Gasteiger partial charge in [0.2, 0.25) is 5.91 Å². The first-order valence-electron chi connectivity index (χ1n) is 6.69. The lowest BCUT2D eigenvalue weighted by molar-refractivity contribution is -0.116. The van der Waals surface area contributed by atoms with Crippen molar-refractivity contribution in [2.75, 3.05) is 5.32 Å². The van der Waals surface area contributed by atoms with E-state index >= 15 is 0 Å². The zero-order valence-electron chi connectivity index (χ0n) is 12.1. The Morgan fingerprint density at radius 2 is 2.26 bits per heavy atom. The van der Waals surface area contributed by atoms with Gasteiger partial charge in [0.15, 0.2) is 11.6 Å². The van der Waals surface area contributed by atoms with Crippen molar-refractivity contribution in [3.63, 3.8) is 0 Å². The van der Waals surface area contributed by atoms with E-state index in [0.717, 1.165) is 0 Å². The Bertz CT molecular complexity index is 867. The summed E-state index contributed by atoms with van der Waals surface area (Å²) in [6.07, 6.45) is 4.11. The number of carbonyl (C=O) groups is 1. The average Bonchev–Trinajstić information content (AvgIpc) is 3.18. The number of hydrogen-bond acceptors (Lipinski definition) is 8. The summed E-state index contributed by atoms with van der Waals surface area (Å²) in [4.78, 5) is 32.1. The molecule has 0 aliphatic carbocycles. The van der Waals surface area contributed by atoms with Crippen molar-refractivity contribution in [1.82, 2.24) is 24.8 Å². The van der Waals surface area contributed by atoms with Crippen LogP contribution in [-0.2, 0) is 11.3 Å². The van der Waals surface area contributed by atoms with E-state index in [-0.39, 0.29) is 35.9 Å². The van der Waals surface area contributed by atoms with Gasteiger partial charge in [-0.3, -0.25) is 14.2 Å². The van der Waals surface area contributed by atoms with Crippen LogP contribution >= 0.6 is 0 Å². The van der Waals surface area contributed by atoms with Crippen LogP contribution in [0.1, 0.15) is 12.2 Å². The van der Waals surface area contributed by atoms with Gasteiger partial charge in [0.25, 0.3) is 11.4 Å². The molecule has 118 valence electrons. The molecule has 0 fully saturated rings. The van der Waals surface area contributed by atoms with Crippen molar-refractivity contribution >= 4 is 11.7 Å². The molecule has 3 rings (SSSR count). The van der Waals surface area contributed by atoms with Crippen LogP contribution in [0.15, 0.2) is 38.7 Å². The summed E-state index contributed by atoms with van der Waals surface area (Å²) in [5.74, 6) is 0.531. The third kappa shape index (κ3) is 3.31. The van der Waals surface area contributed by atoms with E-state index in [9.17, 15) is 9.59 Å². The van der Waals surface area contributed by atoms with E-state index in [1.807, 2.05) is 0 Å². The molecule has 0 bridgehead atoms. The van der Waals surface area contributed by atoms with Gasteiger partial charge in [-0.25, -0.2) is 4.98 Å². The number of aromatic nitrogens is 5. The standard InChI is InChI=1S/C13H12N6O4/c1-8-15-12(23-17-8)9-6-14-7-19(13(9)21)4-2-11(20)16-10-3-5-22-18-10/h3,5-7H,2,4H2,1H3,(H,16,18,20). The van der Waals surface area contributed by atoms with E-state index < -0.39 is 0 Å². The van der Waals surface area contributed by atoms with Crippen LogP contribution in [0.5, 0.6) is 0 Å². The first-order valence-corrected chi connectivity index (χ1v) is 6.69. The number of nitrogens with one attached hydrogen (secondary N) is 1. The second-order valence-electron chi connectivity index (χ2n) is 4.64. The second kappa shape index (κ2) is 6.22.